The number of nitrogens with two attached hydrogens (primary N) is 1. The van der Waals surface area contributed by atoms with Crippen molar-refractivity contribution in [2.45, 2.75) is 58.2 Å². The number of fused-ring (bicyclic) bond motifs is 1. The number of benzene rings is 1. The highest BCUT2D eigenvalue weighted by atomic mass is 19.4. The van der Waals surface area contributed by atoms with Gasteiger partial charge in [0.25, 0.3) is 0 Å². The van der Waals surface area contributed by atoms with Crippen LogP contribution in [0.1, 0.15) is 56.4 Å². The first-order valence-electron chi connectivity index (χ1n) is 13.8. The SMILES string of the molecule is Cc1nc2c(N)cc(N3CCOCC3)nn2c1Nc1cccc(C(F)(F)F)c1C1CCN(C(=O)OC(C)(C)C)CC1. The van der Waals surface area contributed by atoms with Crippen molar-refractivity contribution in [3.63, 3.8) is 0 Å². The van der Waals surface area contributed by atoms with E-state index in [2.05, 4.69) is 10.3 Å². The number of rotatable bonds is 4. The van der Waals surface area contributed by atoms with Crippen LogP contribution in [0.4, 0.5) is 41.0 Å². The molecule has 2 aromatic heterocycles. The minimum absolute atomic E-state index is 0.162. The van der Waals surface area contributed by atoms with Crippen LogP contribution in [-0.4, -0.2) is 70.6 Å². The fourth-order valence-electron chi connectivity index (χ4n) is 5.39. The second kappa shape index (κ2) is 10.9. The van der Waals surface area contributed by atoms with Gasteiger partial charge in [0.05, 0.1) is 30.2 Å². The van der Waals surface area contributed by atoms with Gasteiger partial charge < -0.3 is 30.3 Å². The lowest BCUT2D eigenvalue weighted by Crippen LogP contribution is -2.41. The number of morpholine rings is 1. The number of likely N-dealkylation sites (tertiary alicyclic amines) is 1. The Bertz CT molecular complexity index is 1420. The maximum absolute atomic E-state index is 14.3. The van der Waals surface area contributed by atoms with Gasteiger partial charge in [-0.3, -0.25) is 0 Å². The molecular weight excluding hydrogens is 539 g/mol. The molecule has 0 unspecified atom stereocenters. The summed E-state index contributed by atoms with van der Waals surface area (Å²) in [6.07, 6.45) is -4.30. The van der Waals surface area contributed by atoms with Crippen LogP contribution in [0.15, 0.2) is 24.3 Å². The predicted molar refractivity (Wildman–Crippen MR) is 150 cm³/mol. The van der Waals surface area contributed by atoms with E-state index in [1.165, 1.54) is 6.07 Å². The number of nitrogens with zero attached hydrogens (tertiary/aromatic N) is 5. The molecule has 0 saturated carbocycles. The molecule has 3 N–H and O–H groups in total. The van der Waals surface area contributed by atoms with E-state index in [9.17, 15) is 18.0 Å². The third-order valence-corrected chi connectivity index (χ3v) is 7.33. The van der Waals surface area contributed by atoms with Crippen LogP contribution in [-0.2, 0) is 15.7 Å². The zero-order chi connectivity index (χ0) is 29.5. The van der Waals surface area contributed by atoms with Crippen LogP contribution in [0.2, 0.25) is 0 Å². The number of aromatic nitrogens is 3. The standard InChI is InChI=1S/C28H36F3N7O3/c1-17-24(38-25(33-17)20(32)16-22(35-38)36-12-14-40-15-13-36)34-21-7-5-6-19(28(29,30)31)23(21)18-8-10-37(11-9-18)26(39)41-27(2,3)4/h5-7,16,18,34H,8-15,32H2,1-4H3. The number of alkyl halides is 3. The molecule has 1 aromatic carbocycles. The Morgan fingerprint density at radius 2 is 1.80 bits per heavy atom. The first kappa shape index (κ1) is 28.8. The van der Waals surface area contributed by atoms with Gasteiger partial charge in [-0.15, -0.1) is 5.10 Å². The molecule has 222 valence electrons. The monoisotopic (exact) mass is 575 g/mol. The minimum Gasteiger partial charge on any atom is -0.444 e. The van der Waals surface area contributed by atoms with Crippen molar-refractivity contribution in [2.75, 3.05) is 55.3 Å². The van der Waals surface area contributed by atoms with E-state index in [4.69, 9.17) is 20.3 Å². The van der Waals surface area contributed by atoms with Gasteiger partial charge in [0, 0.05) is 37.9 Å². The van der Waals surface area contributed by atoms with Crippen LogP contribution in [0.3, 0.4) is 0 Å². The molecule has 0 radical (unpaired) electrons. The number of imidazole rings is 1. The lowest BCUT2D eigenvalue weighted by Gasteiger charge is -2.35. The van der Waals surface area contributed by atoms with Gasteiger partial charge in [-0.05, 0) is 64.2 Å². The molecule has 3 aromatic rings. The smallest absolute Gasteiger partial charge is 0.416 e. The fraction of sp³-hybridized carbons (Fsp3) is 0.536. The number of piperidine rings is 1. The Morgan fingerprint density at radius 1 is 1.12 bits per heavy atom. The zero-order valence-electron chi connectivity index (χ0n) is 23.7. The van der Waals surface area contributed by atoms with Crippen molar-refractivity contribution in [1.82, 2.24) is 19.5 Å². The van der Waals surface area contributed by atoms with E-state index in [1.54, 1.807) is 49.2 Å². The number of hydrogen-bond acceptors (Lipinski definition) is 8. The van der Waals surface area contributed by atoms with Crippen LogP contribution >= 0.6 is 0 Å². The van der Waals surface area contributed by atoms with Crippen molar-refractivity contribution in [1.29, 1.82) is 0 Å². The largest absolute Gasteiger partial charge is 0.444 e. The molecule has 4 heterocycles. The number of carbonyl (C=O) groups excluding carboxylic acids is 1. The summed E-state index contributed by atoms with van der Waals surface area (Å²) in [7, 11) is 0. The average Bonchev–Trinajstić information content (AvgIpc) is 3.23. The summed E-state index contributed by atoms with van der Waals surface area (Å²) >= 11 is 0. The molecule has 10 nitrogen and oxygen atoms in total. The predicted octanol–water partition coefficient (Wildman–Crippen LogP) is 5.33. The van der Waals surface area contributed by atoms with Crippen molar-refractivity contribution in [3.8, 4) is 0 Å². The number of ether oxygens (including phenoxy) is 2. The highest BCUT2D eigenvalue weighted by molar-refractivity contribution is 5.75. The molecule has 2 aliphatic rings. The van der Waals surface area contributed by atoms with E-state index in [-0.39, 0.29) is 5.56 Å². The summed E-state index contributed by atoms with van der Waals surface area (Å²) in [5.41, 5.74) is 6.84. The topological polar surface area (TPSA) is 110 Å². The van der Waals surface area contributed by atoms with E-state index in [0.29, 0.717) is 86.6 Å². The number of carbonyl (C=O) groups is 1. The summed E-state index contributed by atoms with van der Waals surface area (Å²) in [6.45, 7) is 10.1. The number of amides is 1. The first-order chi connectivity index (χ1) is 19.3. The maximum atomic E-state index is 14.3. The van der Waals surface area contributed by atoms with Crippen LogP contribution in [0, 0.1) is 6.92 Å². The summed E-state index contributed by atoms with van der Waals surface area (Å²) in [6, 6.07) is 5.89. The minimum atomic E-state index is -4.56. The Balaban J connectivity index is 1.49. The third kappa shape index (κ3) is 6.14. The van der Waals surface area contributed by atoms with Crippen molar-refractivity contribution >= 4 is 34.8 Å². The molecule has 0 bridgehead atoms. The van der Waals surface area contributed by atoms with Crippen LogP contribution < -0.4 is 16.0 Å². The fourth-order valence-corrected chi connectivity index (χ4v) is 5.39. The maximum Gasteiger partial charge on any atom is 0.416 e. The average molecular weight is 576 g/mol. The molecule has 2 aliphatic heterocycles. The number of anilines is 4. The van der Waals surface area contributed by atoms with E-state index < -0.39 is 29.4 Å². The number of nitrogens with one attached hydrogen (secondary N) is 1. The summed E-state index contributed by atoms with van der Waals surface area (Å²) in [5.74, 6) is 0.640. The number of hydrogen-bond donors (Lipinski definition) is 2. The lowest BCUT2D eigenvalue weighted by atomic mass is 9.85. The molecule has 13 heteroatoms. The molecule has 0 atom stereocenters. The number of nitrogen functional groups attached to an aromatic ring is 1. The van der Waals surface area contributed by atoms with Crippen LogP contribution in [0.5, 0.6) is 0 Å². The third-order valence-electron chi connectivity index (χ3n) is 7.33. The Labute approximate surface area is 236 Å². The second-order valence-corrected chi connectivity index (χ2v) is 11.5. The summed E-state index contributed by atoms with van der Waals surface area (Å²) < 4.78 is 55.4. The van der Waals surface area contributed by atoms with Gasteiger partial charge in [-0.2, -0.15) is 17.7 Å². The summed E-state index contributed by atoms with van der Waals surface area (Å²) in [4.78, 5) is 20.7. The summed E-state index contributed by atoms with van der Waals surface area (Å²) in [5, 5.41) is 7.98. The van der Waals surface area contributed by atoms with Gasteiger partial charge in [-0.1, -0.05) is 6.07 Å². The molecule has 2 fully saturated rings. The molecule has 0 spiro atoms. The highest BCUT2D eigenvalue weighted by Crippen LogP contribution is 2.43. The number of halogens is 3. The van der Waals surface area contributed by atoms with Crippen molar-refractivity contribution < 1.29 is 27.4 Å². The van der Waals surface area contributed by atoms with E-state index >= 15 is 0 Å². The first-order valence-corrected chi connectivity index (χ1v) is 13.8. The molecule has 41 heavy (non-hydrogen) atoms. The van der Waals surface area contributed by atoms with Gasteiger partial charge in [0.15, 0.2) is 17.3 Å². The highest BCUT2D eigenvalue weighted by Gasteiger charge is 2.38. The normalized spacial score (nSPS) is 17.2. The van der Waals surface area contributed by atoms with E-state index in [0.717, 1.165) is 6.07 Å². The molecule has 0 aliphatic carbocycles. The Kier molecular flexibility index (Phi) is 7.66. The van der Waals surface area contributed by atoms with Crippen molar-refractivity contribution in [2.24, 2.45) is 0 Å². The Hall–Kier alpha value is -3.74. The molecule has 2 saturated heterocycles. The molecule has 5 rings (SSSR count). The van der Waals surface area contributed by atoms with Gasteiger partial charge >= 0.3 is 12.3 Å². The molecular formula is C28H36F3N7O3. The lowest BCUT2D eigenvalue weighted by molar-refractivity contribution is -0.138. The second-order valence-electron chi connectivity index (χ2n) is 11.5. The van der Waals surface area contributed by atoms with E-state index in [1.807, 2.05) is 4.90 Å². The van der Waals surface area contributed by atoms with Crippen molar-refractivity contribution in [3.05, 3.63) is 41.1 Å². The zero-order valence-corrected chi connectivity index (χ0v) is 23.7. The van der Waals surface area contributed by atoms with Crippen LogP contribution in [0.25, 0.3) is 5.65 Å². The Morgan fingerprint density at radius 3 is 2.44 bits per heavy atom. The quantitative estimate of drug-likeness (QED) is 0.430. The van der Waals surface area contributed by atoms with Gasteiger partial charge in [-0.25, -0.2) is 9.78 Å². The number of aryl methyl sites for hydroxylation is 1. The van der Waals surface area contributed by atoms with Gasteiger partial charge in [0.1, 0.15) is 5.60 Å². The van der Waals surface area contributed by atoms with Gasteiger partial charge in [0.2, 0.25) is 0 Å². The molecule has 1 amide bonds.